The zero-order valence-corrected chi connectivity index (χ0v) is 16.3. The maximum absolute atomic E-state index is 13.4. The van der Waals surface area contributed by atoms with Gasteiger partial charge < -0.3 is 0 Å². The second kappa shape index (κ2) is 7.48. The molecular weight excluding hydrogens is 373 g/mol. The van der Waals surface area contributed by atoms with Crippen molar-refractivity contribution >= 4 is 33.3 Å². The second-order valence-corrected chi connectivity index (χ2v) is 7.82. The standard InChI is InChI=1S/C22H18FN3OS/c1-13-3-5-15(6-4-13)9-18-12-24-22(28-18)26-21(27)19-10-16-7-8-17(23)11-20(16)25-14(19)2/h3-8,10-12H,9H2,1-2H3,(H,24,26,27). The maximum atomic E-state index is 13.4. The van der Waals surface area contributed by atoms with E-state index in [1.54, 1.807) is 25.3 Å². The molecule has 140 valence electrons. The third-order valence-corrected chi connectivity index (χ3v) is 5.40. The van der Waals surface area contributed by atoms with E-state index in [-0.39, 0.29) is 11.7 Å². The number of fused-ring (bicyclic) bond motifs is 1. The van der Waals surface area contributed by atoms with Gasteiger partial charge in [0.1, 0.15) is 5.82 Å². The van der Waals surface area contributed by atoms with E-state index in [1.807, 2.05) is 0 Å². The Labute approximate surface area is 166 Å². The summed E-state index contributed by atoms with van der Waals surface area (Å²) in [5, 5.41) is 4.11. The molecule has 4 rings (SSSR count). The first-order valence-electron chi connectivity index (χ1n) is 8.86. The smallest absolute Gasteiger partial charge is 0.259 e. The largest absolute Gasteiger partial charge is 0.298 e. The molecule has 0 bridgehead atoms. The Morgan fingerprint density at radius 2 is 1.89 bits per heavy atom. The summed E-state index contributed by atoms with van der Waals surface area (Å²) >= 11 is 1.45. The average molecular weight is 391 g/mol. The van der Waals surface area contributed by atoms with Crippen molar-refractivity contribution in [2.75, 3.05) is 5.32 Å². The molecule has 28 heavy (non-hydrogen) atoms. The molecule has 0 saturated heterocycles. The summed E-state index contributed by atoms with van der Waals surface area (Å²) < 4.78 is 13.4. The molecule has 0 unspecified atom stereocenters. The van der Waals surface area contributed by atoms with Crippen molar-refractivity contribution in [2.24, 2.45) is 0 Å². The van der Waals surface area contributed by atoms with Crippen LogP contribution in [0.4, 0.5) is 9.52 Å². The van der Waals surface area contributed by atoms with Gasteiger partial charge >= 0.3 is 0 Å². The van der Waals surface area contributed by atoms with Crippen LogP contribution in [-0.4, -0.2) is 15.9 Å². The number of carbonyl (C=O) groups is 1. The summed E-state index contributed by atoms with van der Waals surface area (Å²) in [7, 11) is 0. The molecule has 6 heteroatoms. The lowest BCUT2D eigenvalue weighted by Gasteiger charge is -2.07. The number of rotatable bonds is 4. The number of halogens is 1. The molecule has 0 radical (unpaired) electrons. The van der Waals surface area contributed by atoms with Crippen molar-refractivity contribution in [3.63, 3.8) is 0 Å². The van der Waals surface area contributed by atoms with Crippen molar-refractivity contribution < 1.29 is 9.18 Å². The summed E-state index contributed by atoms with van der Waals surface area (Å²) in [5.74, 6) is -0.618. The predicted octanol–water partition coefficient (Wildman–Crippen LogP) is 5.29. The normalized spacial score (nSPS) is 11.0. The quantitative estimate of drug-likeness (QED) is 0.514. The molecule has 0 aliphatic rings. The van der Waals surface area contributed by atoms with E-state index in [1.165, 1.54) is 34.6 Å². The highest BCUT2D eigenvalue weighted by Crippen LogP contribution is 2.23. The fourth-order valence-electron chi connectivity index (χ4n) is 2.98. The number of carbonyl (C=O) groups excluding carboxylic acids is 1. The zero-order chi connectivity index (χ0) is 19.7. The molecule has 2 aromatic heterocycles. The van der Waals surface area contributed by atoms with Gasteiger partial charge in [-0.3, -0.25) is 15.1 Å². The van der Waals surface area contributed by atoms with Crippen LogP contribution >= 0.6 is 11.3 Å². The molecule has 4 aromatic rings. The lowest BCUT2D eigenvalue weighted by molar-refractivity contribution is 0.102. The molecule has 0 saturated carbocycles. The maximum Gasteiger partial charge on any atom is 0.259 e. The van der Waals surface area contributed by atoms with E-state index in [0.717, 1.165) is 16.7 Å². The molecule has 0 aliphatic heterocycles. The molecule has 2 heterocycles. The molecule has 0 fully saturated rings. The van der Waals surface area contributed by atoms with Crippen molar-refractivity contribution in [3.05, 3.63) is 87.8 Å². The summed E-state index contributed by atoms with van der Waals surface area (Å²) in [4.78, 5) is 22.4. The van der Waals surface area contributed by atoms with Crippen LogP contribution in [0.2, 0.25) is 0 Å². The second-order valence-electron chi connectivity index (χ2n) is 6.71. The van der Waals surface area contributed by atoms with Crippen LogP contribution in [0, 0.1) is 19.7 Å². The molecular formula is C22H18FN3OS. The SMILES string of the molecule is Cc1ccc(Cc2cnc(NC(=O)c3cc4ccc(F)cc4nc3C)s2)cc1. The summed E-state index contributed by atoms with van der Waals surface area (Å²) in [5.41, 5.74) is 3.96. The van der Waals surface area contributed by atoms with E-state index in [0.29, 0.717) is 21.9 Å². The molecule has 4 nitrogen and oxygen atoms in total. The molecule has 2 aromatic carbocycles. The van der Waals surface area contributed by atoms with Crippen LogP contribution in [0.25, 0.3) is 10.9 Å². The number of amides is 1. The van der Waals surface area contributed by atoms with Gasteiger partial charge in [-0.05, 0) is 37.6 Å². The van der Waals surface area contributed by atoms with E-state index < -0.39 is 0 Å². The van der Waals surface area contributed by atoms with E-state index in [9.17, 15) is 9.18 Å². The lowest BCUT2D eigenvalue weighted by atomic mass is 10.1. The first-order valence-corrected chi connectivity index (χ1v) is 9.68. The number of thiazole rings is 1. The Bertz CT molecular complexity index is 1170. The van der Waals surface area contributed by atoms with Crippen molar-refractivity contribution in [1.82, 2.24) is 9.97 Å². The number of aromatic nitrogens is 2. The van der Waals surface area contributed by atoms with Crippen LogP contribution in [-0.2, 0) is 6.42 Å². The number of hydrogen-bond acceptors (Lipinski definition) is 4. The first kappa shape index (κ1) is 18.3. The minimum Gasteiger partial charge on any atom is -0.298 e. The van der Waals surface area contributed by atoms with E-state index in [2.05, 4.69) is 46.5 Å². The predicted molar refractivity (Wildman–Crippen MR) is 110 cm³/mol. The monoisotopic (exact) mass is 391 g/mol. The number of nitrogens with one attached hydrogen (secondary N) is 1. The fraction of sp³-hybridized carbons (Fsp3) is 0.136. The van der Waals surface area contributed by atoms with Gasteiger partial charge in [0.25, 0.3) is 5.91 Å². The highest BCUT2D eigenvalue weighted by atomic mass is 32.1. The van der Waals surface area contributed by atoms with Crippen LogP contribution in [0.5, 0.6) is 0 Å². The van der Waals surface area contributed by atoms with Gasteiger partial charge in [-0.1, -0.05) is 29.8 Å². The number of nitrogens with zero attached hydrogens (tertiary/aromatic N) is 2. The summed E-state index contributed by atoms with van der Waals surface area (Å²) in [6.07, 6.45) is 2.56. The highest BCUT2D eigenvalue weighted by Gasteiger charge is 2.14. The van der Waals surface area contributed by atoms with Crippen molar-refractivity contribution in [3.8, 4) is 0 Å². The number of hydrogen-bond donors (Lipinski definition) is 1. The Hall–Kier alpha value is -3.12. The highest BCUT2D eigenvalue weighted by molar-refractivity contribution is 7.15. The topological polar surface area (TPSA) is 54.9 Å². The molecule has 0 spiro atoms. The summed E-state index contributed by atoms with van der Waals surface area (Å²) in [6, 6.07) is 14.4. The molecule has 0 atom stereocenters. The third-order valence-electron chi connectivity index (χ3n) is 4.49. The van der Waals surface area contributed by atoms with Crippen molar-refractivity contribution in [1.29, 1.82) is 0 Å². The minimum absolute atomic E-state index is 0.271. The first-order chi connectivity index (χ1) is 13.5. The number of pyridine rings is 1. The van der Waals surface area contributed by atoms with Gasteiger partial charge in [-0.2, -0.15) is 0 Å². The number of anilines is 1. The van der Waals surface area contributed by atoms with Crippen molar-refractivity contribution in [2.45, 2.75) is 20.3 Å². The Morgan fingerprint density at radius 1 is 1.11 bits per heavy atom. The van der Waals surface area contributed by atoms with Gasteiger partial charge in [0.05, 0.1) is 16.8 Å². The number of benzene rings is 2. The van der Waals surface area contributed by atoms with Gasteiger partial charge in [-0.25, -0.2) is 9.37 Å². The molecule has 1 N–H and O–H groups in total. The van der Waals surface area contributed by atoms with Crippen LogP contribution < -0.4 is 5.32 Å². The summed E-state index contributed by atoms with van der Waals surface area (Å²) in [6.45, 7) is 3.80. The average Bonchev–Trinajstić information content (AvgIpc) is 3.09. The Morgan fingerprint density at radius 3 is 2.68 bits per heavy atom. The third kappa shape index (κ3) is 3.92. The minimum atomic E-state index is -0.347. The zero-order valence-electron chi connectivity index (χ0n) is 15.5. The van der Waals surface area contributed by atoms with Gasteiger partial charge in [0, 0.05) is 28.9 Å². The van der Waals surface area contributed by atoms with Crippen LogP contribution in [0.3, 0.4) is 0 Å². The van der Waals surface area contributed by atoms with Gasteiger partial charge in [0.2, 0.25) is 0 Å². The molecule has 1 amide bonds. The van der Waals surface area contributed by atoms with Gasteiger partial charge in [-0.15, -0.1) is 11.3 Å². The number of aryl methyl sites for hydroxylation is 2. The molecule has 0 aliphatic carbocycles. The van der Waals surface area contributed by atoms with Gasteiger partial charge in [0.15, 0.2) is 5.13 Å². The fourth-order valence-corrected chi connectivity index (χ4v) is 3.83. The van der Waals surface area contributed by atoms with E-state index >= 15 is 0 Å². The Kier molecular flexibility index (Phi) is 4.88. The van der Waals surface area contributed by atoms with E-state index in [4.69, 9.17) is 0 Å². The lowest BCUT2D eigenvalue weighted by Crippen LogP contribution is -2.14. The van der Waals surface area contributed by atoms with Crippen LogP contribution in [0.15, 0.2) is 54.7 Å². The Balaban J connectivity index is 1.51. The van der Waals surface area contributed by atoms with Crippen LogP contribution in [0.1, 0.15) is 32.1 Å².